The van der Waals surface area contributed by atoms with Crippen molar-refractivity contribution in [2.24, 2.45) is 0 Å². The van der Waals surface area contributed by atoms with Crippen molar-refractivity contribution in [2.45, 2.75) is 51.4 Å². The summed E-state index contributed by atoms with van der Waals surface area (Å²) < 4.78 is 20.4. The van der Waals surface area contributed by atoms with Crippen LogP contribution in [0, 0.1) is 5.82 Å². The molecule has 0 bridgehead atoms. The zero-order valence-corrected chi connectivity index (χ0v) is 18.1. The Labute approximate surface area is 179 Å². The van der Waals surface area contributed by atoms with Crippen LogP contribution >= 0.6 is 0 Å². The molecule has 0 aromatic heterocycles. The van der Waals surface area contributed by atoms with Crippen LogP contribution in [0.15, 0.2) is 48.5 Å². The molecule has 0 aliphatic heterocycles. The first-order valence-corrected chi connectivity index (χ1v) is 11.1. The molecule has 0 heterocycles. The number of benzene rings is 2. The van der Waals surface area contributed by atoms with Gasteiger partial charge in [-0.25, -0.2) is 4.39 Å². The van der Waals surface area contributed by atoms with Crippen LogP contribution in [0.3, 0.4) is 0 Å². The normalized spacial score (nSPS) is 15.7. The monoisotopic (exact) mass is 412 g/mol. The molecule has 0 atom stereocenters. The number of anilines is 1. The molecule has 0 unspecified atom stereocenters. The van der Waals surface area contributed by atoms with Gasteiger partial charge in [0.25, 0.3) is 0 Å². The quantitative estimate of drug-likeness (QED) is 0.601. The summed E-state index contributed by atoms with van der Waals surface area (Å²) >= 11 is 0. The van der Waals surface area contributed by atoms with Crippen LogP contribution in [0.4, 0.5) is 10.1 Å². The van der Waals surface area contributed by atoms with E-state index in [1.165, 1.54) is 6.07 Å². The number of carbonyl (C=O) groups is 1. The van der Waals surface area contributed by atoms with E-state index in [0.29, 0.717) is 30.7 Å². The number of halogens is 1. The van der Waals surface area contributed by atoms with Crippen LogP contribution < -0.4 is 10.1 Å². The number of ether oxygens (including phenoxy) is 1. The number of nitrogens with zero attached hydrogens (tertiary/aromatic N) is 1. The topological polar surface area (TPSA) is 41.6 Å². The van der Waals surface area contributed by atoms with Crippen molar-refractivity contribution in [3.05, 3.63) is 59.9 Å². The summed E-state index contributed by atoms with van der Waals surface area (Å²) in [6.45, 7) is 7.81. The van der Waals surface area contributed by atoms with Gasteiger partial charge in [-0.05, 0) is 56.3 Å². The van der Waals surface area contributed by atoms with Crippen molar-refractivity contribution in [3.63, 3.8) is 0 Å². The maximum Gasteiger partial charge on any atom is 0.235 e. The lowest BCUT2D eigenvalue weighted by molar-refractivity contribution is -0.122. The SMILES string of the molecule is CCN(CC)CCOc1ccc(NC(=O)C2(c3ccccc3F)CCCCC2)cc1. The van der Waals surface area contributed by atoms with E-state index in [1.807, 2.05) is 30.3 Å². The van der Waals surface area contributed by atoms with E-state index in [0.717, 1.165) is 44.6 Å². The van der Waals surface area contributed by atoms with Gasteiger partial charge in [0.15, 0.2) is 0 Å². The van der Waals surface area contributed by atoms with Crippen LogP contribution in [0.1, 0.15) is 51.5 Å². The highest BCUT2D eigenvalue weighted by atomic mass is 19.1. The van der Waals surface area contributed by atoms with Crippen molar-refractivity contribution in [2.75, 3.05) is 31.6 Å². The van der Waals surface area contributed by atoms with E-state index in [1.54, 1.807) is 12.1 Å². The summed E-state index contributed by atoms with van der Waals surface area (Å²) in [5, 5.41) is 3.03. The number of nitrogens with one attached hydrogen (secondary N) is 1. The molecule has 0 spiro atoms. The molecule has 0 saturated heterocycles. The number of amides is 1. The van der Waals surface area contributed by atoms with Crippen LogP contribution in [0.2, 0.25) is 0 Å². The zero-order valence-electron chi connectivity index (χ0n) is 18.1. The first-order chi connectivity index (χ1) is 14.6. The molecule has 1 amide bonds. The van der Waals surface area contributed by atoms with E-state index in [2.05, 4.69) is 24.1 Å². The molecule has 1 N–H and O–H groups in total. The summed E-state index contributed by atoms with van der Waals surface area (Å²) in [4.78, 5) is 15.6. The van der Waals surface area contributed by atoms with Crippen molar-refractivity contribution < 1.29 is 13.9 Å². The third kappa shape index (κ3) is 5.20. The molecule has 2 aromatic rings. The molecular formula is C25H33FN2O2. The summed E-state index contributed by atoms with van der Waals surface area (Å²) in [6, 6.07) is 14.1. The molecule has 1 aliphatic rings. The fourth-order valence-electron chi connectivity index (χ4n) is 4.34. The summed E-state index contributed by atoms with van der Waals surface area (Å²) in [5.41, 5.74) is 0.415. The average Bonchev–Trinajstić information content (AvgIpc) is 2.78. The van der Waals surface area contributed by atoms with Gasteiger partial charge < -0.3 is 15.0 Å². The van der Waals surface area contributed by atoms with Gasteiger partial charge in [0.05, 0.1) is 5.41 Å². The Morgan fingerprint density at radius 1 is 1.03 bits per heavy atom. The highest BCUT2D eigenvalue weighted by molar-refractivity contribution is 5.99. The Kier molecular flexibility index (Phi) is 7.86. The van der Waals surface area contributed by atoms with E-state index in [4.69, 9.17) is 4.74 Å². The van der Waals surface area contributed by atoms with Crippen molar-refractivity contribution in [1.29, 1.82) is 0 Å². The largest absolute Gasteiger partial charge is 0.492 e. The van der Waals surface area contributed by atoms with Crippen LogP contribution in [-0.2, 0) is 10.2 Å². The number of carbonyl (C=O) groups excluding carboxylic acids is 1. The Hall–Kier alpha value is -2.40. The van der Waals surface area contributed by atoms with Gasteiger partial charge >= 0.3 is 0 Å². The number of rotatable bonds is 9. The maximum atomic E-state index is 14.6. The standard InChI is InChI=1S/C25H33FN2O2/c1-3-28(4-2)18-19-30-21-14-12-20(13-15-21)27-24(29)25(16-8-5-9-17-25)22-10-6-7-11-23(22)26/h6-7,10-15H,3-5,8-9,16-19H2,1-2H3,(H,27,29). The van der Waals surface area contributed by atoms with Crippen LogP contribution in [-0.4, -0.2) is 37.0 Å². The first-order valence-electron chi connectivity index (χ1n) is 11.1. The van der Waals surface area contributed by atoms with Gasteiger partial charge in [-0.3, -0.25) is 4.79 Å². The minimum Gasteiger partial charge on any atom is -0.492 e. The summed E-state index contributed by atoms with van der Waals surface area (Å²) in [7, 11) is 0. The molecule has 1 aliphatic carbocycles. The minimum absolute atomic E-state index is 0.123. The van der Waals surface area contributed by atoms with Crippen LogP contribution in [0.25, 0.3) is 0 Å². The number of hydrogen-bond acceptors (Lipinski definition) is 3. The Morgan fingerprint density at radius 3 is 2.33 bits per heavy atom. The third-order valence-electron chi connectivity index (χ3n) is 6.21. The van der Waals surface area contributed by atoms with Gasteiger partial charge in [-0.1, -0.05) is 51.3 Å². The first kappa shape index (κ1) is 22.3. The molecular weight excluding hydrogens is 379 g/mol. The Bertz CT molecular complexity index is 812. The van der Waals surface area contributed by atoms with Gasteiger partial charge in [-0.2, -0.15) is 0 Å². The number of likely N-dealkylation sites (N-methyl/N-ethyl adjacent to an activating group) is 1. The van der Waals surface area contributed by atoms with E-state index in [9.17, 15) is 9.18 Å². The maximum absolute atomic E-state index is 14.6. The molecule has 1 fully saturated rings. The van der Waals surface area contributed by atoms with Gasteiger partial charge in [-0.15, -0.1) is 0 Å². The van der Waals surface area contributed by atoms with Gasteiger partial charge in [0, 0.05) is 17.8 Å². The average molecular weight is 413 g/mol. The lowest BCUT2D eigenvalue weighted by Crippen LogP contribution is -2.42. The molecule has 0 radical (unpaired) electrons. The minimum atomic E-state index is -0.803. The molecule has 162 valence electrons. The van der Waals surface area contributed by atoms with E-state index < -0.39 is 5.41 Å². The van der Waals surface area contributed by atoms with Crippen molar-refractivity contribution in [1.82, 2.24) is 4.90 Å². The lowest BCUT2D eigenvalue weighted by Gasteiger charge is -2.36. The molecule has 1 saturated carbocycles. The summed E-state index contributed by atoms with van der Waals surface area (Å²) in [6.07, 6.45) is 4.30. The highest BCUT2D eigenvalue weighted by Crippen LogP contribution is 2.41. The van der Waals surface area contributed by atoms with Crippen molar-refractivity contribution >= 4 is 11.6 Å². The highest BCUT2D eigenvalue weighted by Gasteiger charge is 2.42. The second-order valence-corrected chi connectivity index (χ2v) is 7.98. The van der Waals surface area contributed by atoms with Crippen LogP contribution in [0.5, 0.6) is 5.75 Å². The Balaban J connectivity index is 1.67. The smallest absolute Gasteiger partial charge is 0.235 e. The van der Waals surface area contributed by atoms with E-state index >= 15 is 0 Å². The number of hydrogen-bond donors (Lipinski definition) is 1. The fourth-order valence-corrected chi connectivity index (χ4v) is 4.34. The predicted molar refractivity (Wildman–Crippen MR) is 120 cm³/mol. The Morgan fingerprint density at radius 2 is 1.70 bits per heavy atom. The van der Waals surface area contributed by atoms with Crippen molar-refractivity contribution in [3.8, 4) is 5.75 Å². The van der Waals surface area contributed by atoms with Gasteiger partial charge in [0.1, 0.15) is 18.2 Å². The zero-order chi connectivity index (χ0) is 21.4. The van der Waals surface area contributed by atoms with E-state index in [-0.39, 0.29) is 11.7 Å². The van der Waals surface area contributed by atoms with Gasteiger partial charge in [0.2, 0.25) is 5.91 Å². The fraction of sp³-hybridized carbons (Fsp3) is 0.480. The predicted octanol–water partition coefficient (Wildman–Crippen LogP) is 5.39. The second kappa shape index (κ2) is 10.6. The molecule has 4 nitrogen and oxygen atoms in total. The second-order valence-electron chi connectivity index (χ2n) is 7.98. The molecule has 3 rings (SSSR count). The molecule has 5 heteroatoms. The lowest BCUT2D eigenvalue weighted by atomic mass is 9.68. The molecule has 2 aromatic carbocycles. The summed E-state index contributed by atoms with van der Waals surface area (Å²) in [5.74, 6) is 0.357. The molecule has 30 heavy (non-hydrogen) atoms. The third-order valence-corrected chi connectivity index (χ3v) is 6.21.